The molecule has 2 aromatic heterocycles. The van der Waals surface area contributed by atoms with Crippen LogP contribution in [0.3, 0.4) is 0 Å². The molecule has 0 saturated carbocycles. The number of fused-ring (bicyclic) bond motifs is 2. The summed E-state index contributed by atoms with van der Waals surface area (Å²) in [6.07, 6.45) is 0.790. The molecule has 5 rings (SSSR count). The first-order valence-corrected chi connectivity index (χ1v) is 11.5. The number of carbonyl (C=O) groups is 4. The molecule has 38 heavy (non-hydrogen) atoms. The summed E-state index contributed by atoms with van der Waals surface area (Å²) in [6.45, 7) is 1.58. The van der Waals surface area contributed by atoms with Gasteiger partial charge in [0, 0.05) is 28.8 Å². The van der Waals surface area contributed by atoms with E-state index in [1.54, 1.807) is 31.2 Å². The van der Waals surface area contributed by atoms with Crippen molar-refractivity contribution in [2.45, 2.75) is 20.1 Å². The lowest BCUT2D eigenvalue weighted by Crippen LogP contribution is -2.28. The molecule has 3 heterocycles. The summed E-state index contributed by atoms with van der Waals surface area (Å²) in [7, 11) is 0. The molecule has 2 aromatic carbocycles. The van der Waals surface area contributed by atoms with Crippen LogP contribution in [0.2, 0.25) is 0 Å². The SMILES string of the molecule is CCOC(=O)Nc1ccc2c(COC(=O)c3ccc4c(c3)C(=O)N(Cc3ccco3)C4=O)cc(=O)oc2c1. The van der Waals surface area contributed by atoms with E-state index < -0.39 is 29.5 Å². The molecule has 0 spiro atoms. The van der Waals surface area contributed by atoms with Gasteiger partial charge in [0.2, 0.25) is 0 Å². The fourth-order valence-electron chi connectivity index (χ4n) is 4.06. The Kier molecular flexibility index (Phi) is 6.48. The molecular formula is C27H20N2O9. The zero-order valence-electron chi connectivity index (χ0n) is 20.0. The Morgan fingerprint density at radius 3 is 2.53 bits per heavy atom. The van der Waals surface area contributed by atoms with E-state index in [1.807, 2.05) is 0 Å². The average Bonchev–Trinajstić information content (AvgIpc) is 3.49. The summed E-state index contributed by atoms with van der Waals surface area (Å²) in [6, 6.07) is 13.3. The first-order valence-electron chi connectivity index (χ1n) is 11.5. The number of hydrogen-bond donors (Lipinski definition) is 1. The van der Waals surface area contributed by atoms with Gasteiger partial charge in [-0.05, 0) is 49.4 Å². The van der Waals surface area contributed by atoms with E-state index in [9.17, 15) is 24.0 Å². The summed E-state index contributed by atoms with van der Waals surface area (Å²) < 4.78 is 20.7. The smallest absolute Gasteiger partial charge is 0.411 e. The van der Waals surface area contributed by atoms with E-state index in [-0.39, 0.29) is 42.0 Å². The van der Waals surface area contributed by atoms with Crippen LogP contribution in [0.15, 0.2) is 74.5 Å². The summed E-state index contributed by atoms with van der Waals surface area (Å²) >= 11 is 0. The molecule has 0 saturated heterocycles. The predicted octanol–water partition coefficient (Wildman–Crippen LogP) is 4.11. The number of rotatable bonds is 7. The van der Waals surface area contributed by atoms with Gasteiger partial charge in [-0.1, -0.05) is 0 Å². The lowest BCUT2D eigenvalue weighted by Gasteiger charge is -2.11. The Hall–Kier alpha value is -5.19. The first-order chi connectivity index (χ1) is 18.3. The number of amides is 3. The number of esters is 1. The van der Waals surface area contributed by atoms with Gasteiger partial charge in [-0.25, -0.2) is 14.4 Å². The number of nitrogens with zero attached hydrogens (tertiary/aromatic N) is 1. The molecule has 1 aliphatic rings. The molecule has 192 valence electrons. The second-order valence-electron chi connectivity index (χ2n) is 8.26. The fourth-order valence-corrected chi connectivity index (χ4v) is 4.06. The van der Waals surface area contributed by atoms with Crippen LogP contribution >= 0.6 is 0 Å². The molecule has 0 fully saturated rings. The highest BCUT2D eigenvalue weighted by atomic mass is 16.5. The summed E-state index contributed by atoms with van der Waals surface area (Å²) in [5, 5.41) is 3.01. The average molecular weight is 516 g/mol. The van der Waals surface area contributed by atoms with Gasteiger partial charge in [0.15, 0.2) is 0 Å². The van der Waals surface area contributed by atoms with Crippen LogP contribution in [-0.2, 0) is 22.6 Å². The summed E-state index contributed by atoms with van der Waals surface area (Å²) in [4.78, 5) is 63.1. The number of hydrogen-bond acceptors (Lipinski definition) is 9. The van der Waals surface area contributed by atoms with Crippen LogP contribution in [0.25, 0.3) is 11.0 Å². The minimum atomic E-state index is -0.750. The van der Waals surface area contributed by atoms with E-state index in [2.05, 4.69) is 5.32 Å². The monoisotopic (exact) mass is 516 g/mol. The molecule has 0 aliphatic carbocycles. The maximum Gasteiger partial charge on any atom is 0.411 e. The van der Waals surface area contributed by atoms with Crippen molar-refractivity contribution in [1.82, 2.24) is 4.90 Å². The van der Waals surface area contributed by atoms with Gasteiger partial charge in [0.25, 0.3) is 11.8 Å². The van der Waals surface area contributed by atoms with Crippen molar-refractivity contribution in [3.05, 3.63) is 99.3 Å². The second-order valence-corrected chi connectivity index (χ2v) is 8.26. The molecule has 0 unspecified atom stereocenters. The minimum Gasteiger partial charge on any atom is -0.467 e. The van der Waals surface area contributed by atoms with E-state index in [4.69, 9.17) is 18.3 Å². The number of anilines is 1. The molecule has 4 aromatic rings. The number of furan rings is 1. The highest BCUT2D eigenvalue weighted by Crippen LogP contribution is 2.27. The van der Waals surface area contributed by atoms with Crippen LogP contribution in [0, 0.1) is 0 Å². The lowest BCUT2D eigenvalue weighted by molar-refractivity contribution is 0.0473. The van der Waals surface area contributed by atoms with Gasteiger partial charge in [-0.15, -0.1) is 0 Å². The third kappa shape index (κ3) is 4.76. The number of ether oxygens (including phenoxy) is 2. The third-order valence-electron chi connectivity index (χ3n) is 5.81. The van der Waals surface area contributed by atoms with Gasteiger partial charge in [0.05, 0.1) is 36.1 Å². The van der Waals surface area contributed by atoms with E-state index >= 15 is 0 Å². The van der Waals surface area contributed by atoms with E-state index in [0.29, 0.717) is 22.4 Å². The Labute approximate surface area is 214 Å². The molecule has 11 nitrogen and oxygen atoms in total. The molecule has 1 N–H and O–H groups in total. The molecule has 0 radical (unpaired) electrons. The highest BCUT2D eigenvalue weighted by molar-refractivity contribution is 6.21. The number of benzene rings is 2. The quantitative estimate of drug-likeness (QED) is 0.218. The van der Waals surface area contributed by atoms with Crippen molar-refractivity contribution >= 4 is 40.5 Å². The standard InChI is InChI=1S/C27H20N2O9/c1-2-35-27(34)28-17-6-8-19-16(11-23(30)38-22(19)12-17)14-37-26(33)15-5-7-20-21(10-15)25(32)29(24(20)31)13-18-4-3-9-36-18/h3-12H,2,13-14H2,1H3,(H,28,34). The Bertz CT molecular complexity index is 1640. The fraction of sp³-hybridized carbons (Fsp3) is 0.148. The normalized spacial score (nSPS) is 12.5. The maximum absolute atomic E-state index is 12.8. The van der Waals surface area contributed by atoms with Crippen molar-refractivity contribution < 1.29 is 37.5 Å². The van der Waals surface area contributed by atoms with E-state index in [1.165, 1.54) is 36.6 Å². The van der Waals surface area contributed by atoms with Crippen molar-refractivity contribution in [2.24, 2.45) is 0 Å². The van der Waals surface area contributed by atoms with Crippen molar-refractivity contribution in [1.29, 1.82) is 0 Å². The second kappa shape index (κ2) is 10.1. The Morgan fingerprint density at radius 1 is 0.947 bits per heavy atom. The highest BCUT2D eigenvalue weighted by Gasteiger charge is 2.36. The summed E-state index contributed by atoms with van der Waals surface area (Å²) in [5.41, 5.74) is 0.570. The molecule has 0 bridgehead atoms. The lowest BCUT2D eigenvalue weighted by atomic mass is 10.1. The van der Waals surface area contributed by atoms with Crippen molar-refractivity contribution in [2.75, 3.05) is 11.9 Å². The van der Waals surface area contributed by atoms with Crippen LogP contribution in [0.5, 0.6) is 0 Å². The zero-order valence-corrected chi connectivity index (χ0v) is 20.0. The summed E-state index contributed by atoms with van der Waals surface area (Å²) in [5.74, 6) is -1.34. The first kappa shape index (κ1) is 24.5. The van der Waals surface area contributed by atoms with Gasteiger partial charge >= 0.3 is 17.7 Å². The Morgan fingerprint density at radius 2 is 1.76 bits per heavy atom. The van der Waals surface area contributed by atoms with Crippen molar-refractivity contribution in [3.63, 3.8) is 0 Å². The van der Waals surface area contributed by atoms with Crippen LogP contribution in [0.1, 0.15) is 49.3 Å². The van der Waals surface area contributed by atoms with Gasteiger partial charge in [-0.3, -0.25) is 19.8 Å². The number of imide groups is 1. The van der Waals surface area contributed by atoms with Gasteiger partial charge in [-0.2, -0.15) is 0 Å². The molecule has 11 heteroatoms. The molecular weight excluding hydrogens is 496 g/mol. The number of carbonyl (C=O) groups excluding carboxylic acids is 4. The van der Waals surface area contributed by atoms with Crippen LogP contribution < -0.4 is 10.9 Å². The Balaban J connectivity index is 1.32. The predicted molar refractivity (Wildman–Crippen MR) is 132 cm³/mol. The van der Waals surface area contributed by atoms with Gasteiger partial charge < -0.3 is 18.3 Å². The zero-order chi connectivity index (χ0) is 26.8. The van der Waals surface area contributed by atoms with Crippen LogP contribution in [-0.4, -0.2) is 35.4 Å². The number of nitrogens with one attached hydrogen (secondary N) is 1. The van der Waals surface area contributed by atoms with Crippen molar-refractivity contribution in [3.8, 4) is 0 Å². The molecule has 0 atom stereocenters. The van der Waals surface area contributed by atoms with Crippen LogP contribution in [0.4, 0.5) is 10.5 Å². The molecule has 3 amide bonds. The third-order valence-corrected chi connectivity index (χ3v) is 5.81. The van der Waals surface area contributed by atoms with E-state index in [0.717, 1.165) is 4.90 Å². The van der Waals surface area contributed by atoms with Gasteiger partial charge in [0.1, 0.15) is 18.0 Å². The largest absolute Gasteiger partial charge is 0.467 e. The molecule has 1 aliphatic heterocycles. The maximum atomic E-state index is 12.8. The topological polar surface area (TPSA) is 145 Å². The minimum absolute atomic E-state index is 0.0280.